The van der Waals surface area contributed by atoms with Gasteiger partial charge in [0.25, 0.3) is 0 Å². The van der Waals surface area contributed by atoms with Crippen molar-refractivity contribution in [2.45, 2.75) is 52.4 Å². The Kier molecular flexibility index (Phi) is 5.49. The lowest BCUT2D eigenvalue weighted by molar-refractivity contribution is -0.0344. The van der Waals surface area contributed by atoms with Gasteiger partial charge in [0.05, 0.1) is 12.2 Å². The van der Waals surface area contributed by atoms with Crippen LogP contribution in [0.3, 0.4) is 0 Å². The van der Waals surface area contributed by atoms with Gasteiger partial charge in [-0.05, 0) is 20.3 Å². The van der Waals surface area contributed by atoms with Crippen LogP contribution in [-0.4, -0.2) is 33.5 Å². The molecule has 0 amide bonds. The van der Waals surface area contributed by atoms with Crippen LogP contribution in [0.25, 0.3) is 0 Å². The molecular weight excluding hydrogens is 204 g/mol. The Morgan fingerprint density at radius 2 is 2.19 bits per heavy atom. The zero-order valence-corrected chi connectivity index (χ0v) is 10.4. The van der Waals surface area contributed by atoms with E-state index in [1.807, 2.05) is 24.6 Å². The van der Waals surface area contributed by atoms with E-state index < -0.39 is 6.10 Å². The number of imidazole rings is 1. The molecule has 1 heterocycles. The van der Waals surface area contributed by atoms with Crippen molar-refractivity contribution in [2.75, 3.05) is 6.61 Å². The molecule has 4 heteroatoms. The van der Waals surface area contributed by atoms with Gasteiger partial charge in [0, 0.05) is 32.0 Å². The largest absolute Gasteiger partial charge is 0.390 e. The summed E-state index contributed by atoms with van der Waals surface area (Å²) in [7, 11) is 0. The molecule has 0 bridgehead atoms. The number of aliphatic hydroxyl groups is 1. The Morgan fingerprint density at radius 1 is 1.44 bits per heavy atom. The number of aromatic nitrogens is 2. The van der Waals surface area contributed by atoms with E-state index in [0.29, 0.717) is 13.0 Å². The lowest BCUT2D eigenvalue weighted by atomic mass is 10.1. The fourth-order valence-corrected chi connectivity index (χ4v) is 1.85. The van der Waals surface area contributed by atoms with Crippen molar-refractivity contribution in [3.05, 3.63) is 18.2 Å². The number of nitrogens with zero attached hydrogens (tertiary/aromatic N) is 2. The third-order valence-corrected chi connectivity index (χ3v) is 2.75. The highest BCUT2D eigenvalue weighted by molar-refractivity contribution is 4.95. The average molecular weight is 226 g/mol. The van der Waals surface area contributed by atoms with E-state index >= 15 is 0 Å². The molecule has 1 rings (SSSR count). The molecule has 0 aliphatic carbocycles. The average Bonchev–Trinajstić information content (AvgIpc) is 2.72. The van der Waals surface area contributed by atoms with Crippen LogP contribution in [0, 0.1) is 0 Å². The molecule has 0 aromatic carbocycles. The summed E-state index contributed by atoms with van der Waals surface area (Å²) in [6.07, 6.45) is 4.52. The third-order valence-electron chi connectivity index (χ3n) is 2.75. The highest BCUT2D eigenvalue weighted by Gasteiger charge is 2.19. The number of hydrogen-bond donors (Lipinski definition) is 1. The number of hydrogen-bond acceptors (Lipinski definition) is 3. The van der Waals surface area contributed by atoms with Gasteiger partial charge in [0.1, 0.15) is 5.82 Å². The number of aliphatic hydroxyl groups excluding tert-OH is 1. The Hall–Kier alpha value is -0.870. The molecule has 2 atom stereocenters. The third kappa shape index (κ3) is 3.32. The van der Waals surface area contributed by atoms with Gasteiger partial charge >= 0.3 is 0 Å². The van der Waals surface area contributed by atoms with Crippen LogP contribution in [-0.2, 0) is 17.7 Å². The molecule has 1 N–H and O–H groups in total. The summed E-state index contributed by atoms with van der Waals surface area (Å²) in [5.74, 6) is 0.924. The topological polar surface area (TPSA) is 47.3 Å². The monoisotopic (exact) mass is 226 g/mol. The van der Waals surface area contributed by atoms with Gasteiger partial charge in [-0.15, -0.1) is 0 Å². The van der Waals surface area contributed by atoms with Crippen LogP contribution in [0.5, 0.6) is 0 Å². The van der Waals surface area contributed by atoms with E-state index in [1.165, 1.54) is 0 Å². The van der Waals surface area contributed by atoms with E-state index in [1.54, 1.807) is 6.20 Å². The summed E-state index contributed by atoms with van der Waals surface area (Å²) in [5, 5.41) is 10.1. The van der Waals surface area contributed by atoms with Crippen LogP contribution in [0.15, 0.2) is 12.4 Å². The molecule has 1 aromatic rings. The lowest BCUT2D eigenvalue weighted by Crippen LogP contribution is -2.31. The fourth-order valence-electron chi connectivity index (χ4n) is 1.85. The zero-order chi connectivity index (χ0) is 12.0. The van der Waals surface area contributed by atoms with Crippen LogP contribution in [0.2, 0.25) is 0 Å². The second-order valence-electron chi connectivity index (χ2n) is 3.80. The quantitative estimate of drug-likeness (QED) is 0.768. The van der Waals surface area contributed by atoms with Crippen molar-refractivity contribution in [3.63, 3.8) is 0 Å². The fraction of sp³-hybridized carbons (Fsp3) is 0.750. The minimum Gasteiger partial charge on any atom is -0.390 e. The Balaban J connectivity index is 2.58. The van der Waals surface area contributed by atoms with Gasteiger partial charge in [-0.3, -0.25) is 0 Å². The second kappa shape index (κ2) is 6.66. The van der Waals surface area contributed by atoms with Crippen molar-refractivity contribution >= 4 is 0 Å². The van der Waals surface area contributed by atoms with Crippen LogP contribution < -0.4 is 0 Å². The van der Waals surface area contributed by atoms with Gasteiger partial charge in [-0.25, -0.2) is 4.98 Å². The van der Waals surface area contributed by atoms with Gasteiger partial charge in [-0.2, -0.15) is 0 Å². The maximum Gasteiger partial charge on any atom is 0.111 e. The molecule has 16 heavy (non-hydrogen) atoms. The van der Waals surface area contributed by atoms with Crippen molar-refractivity contribution < 1.29 is 9.84 Å². The highest BCUT2D eigenvalue weighted by Crippen LogP contribution is 2.10. The number of rotatable bonds is 7. The SMILES string of the molecule is CCOC(CC)C(O)Cc1nccn1CC. The normalized spacial score (nSPS) is 15.0. The van der Waals surface area contributed by atoms with E-state index in [4.69, 9.17) is 4.74 Å². The predicted molar refractivity (Wildman–Crippen MR) is 63.3 cm³/mol. The molecule has 1 aromatic heterocycles. The summed E-state index contributed by atoms with van der Waals surface area (Å²) in [4.78, 5) is 4.25. The second-order valence-corrected chi connectivity index (χ2v) is 3.80. The summed E-state index contributed by atoms with van der Waals surface area (Å²) < 4.78 is 7.53. The van der Waals surface area contributed by atoms with Crippen molar-refractivity contribution in [2.24, 2.45) is 0 Å². The molecular formula is C12H22N2O2. The maximum absolute atomic E-state index is 10.1. The molecule has 0 spiro atoms. The number of ether oxygens (including phenoxy) is 1. The Morgan fingerprint density at radius 3 is 2.75 bits per heavy atom. The zero-order valence-electron chi connectivity index (χ0n) is 10.4. The van der Waals surface area contributed by atoms with E-state index in [-0.39, 0.29) is 6.10 Å². The molecule has 4 nitrogen and oxygen atoms in total. The molecule has 0 radical (unpaired) electrons. The Bertz CT molecular complexity index is 299. The van der Waals surface area contributed by atoms with Gasteiger partial charge in [-0.1, -0.05) is 6.92 Å². The first-order valence-corrected chi connectivity index (χ1v) is 6.02. The van der Waals surface area contributed by atoms with Gasteiger partial charge in [0.15, 0.2) is 0 Å². The standard InChI is InChI=1S/C12H22N2O2/c1-4-11(16-6-3)10(15)9-12-13-7-8-14(12)5-2/h7-8,10-11,15H,4-6,9H2,1-3H3. The van der Waals surface area contributed by atoms with Crippen molar-refractivity contribution in [1.29, 1.82) is 0 Å². The molecule has 0 saturated heterocycles. The first-order chi connectivity index (χ1) is 7.72. The Labute approximate surface area is 97.3 Å². The van der Waals surface area contributed by atoms with Crippen LogP contribution in [0.1, 0.15) is 33.0 Å². The summed E-state index contributed by atoms with van der Waals surface area (Å²) in [6, 6.07) is 0. The predicted octanol–water partition coefficient (Wildman–Crippen LogP) is 1.62. The summed E-state index contributed by atoms with van der Waals surface area (Å²) in [5.41, 5.74) is 0. The van der Waals surface area contributed by atoms with Crippen LogP contribution in [0.4, 0.5) is 0 Å². The molecule has 0 aliphatic heterocycles. The van der Waals surface area contributed by atoms with E-state index in [9.17, 15) is 5.11 Å². The lowest BCUT2D eigenvalue weighted by Gasteiger charge is -2.21. The van der Waals surface area contributed by atoms with Gasteiger partial charge < -0.3 is 14.4 Å². The molecule has 0 saturated carbocycles. The summed E-state index contributed by atoms with van der Waals surface area (Å²) in [6.45, 7) is 7.56. The van der Waals surface area contributed by atoms with Crippen molar-refractivity contribution in [1.82, 2.24) is 9.55 Å². The first kappa shape index (κ1) is 13.2. The number of aryl methyl sites for hydroxylation is 1. The molecule has 2 unspecified atom stereocenters. The highest BCUT2D eigenvalue weighted by atomic mass is 16.5. The molecule has 0 fully saturated rings. The first-order valence-electron chi connectivity index (χ1n) is 6.02. The molecule has 0 aliphatic rings. The van der Waals surface area contributed by atoms with Crippen molar-refractivity contribution in [3.8, 4) is 0 Å². The smallest absolute Gasteiger partial charge is 0.111 e. The van der Waals surface area contributed by atoms with E-state index in [2.05, 4.69) is 11.9 Å². The maximum atomic E-state index is 10.1. The minimum absolute atomic E-state index is 0.0907. The molecule has 92 valence electrons. The van der Waals surface area contributed by atoms with Crippen LogP contribution >= 0.6 is 0 Å². The minimum atomic E-state index is -0.474. The summed E-state index contributed by atoms with van der Waals surface area (Å²) >= 11 is 0. The van der Waals surface area contributed by atoms with Gasteiger partial charge in [0.2, 0.25) is 0 Å². The van der Waals surface area contributed by atoms with E-state index in [0.717, 1.165) is 18.8 Å².